The summed E-state index contributed by atoms with van der Waals surface area (Å²) < 4.78 is 33.8. The molecule has 1 aliphatic rings. The highest BCUT2D eigenvalue weighted by Crippen LogP contribution is 2.33. The number of esters is 1. The summed E-state index contributed by atoms with van der Waals surface area (Å²) in [7, 11) is -2.26. The first-order valence-corrected chi connectivity index (χ1v) is 13.7. The summed E-state index contributed by atoms with van der Waals surface area (Å²) in [5.74, 6) is 0.346. The zero-order valence-corrected chi connectivity index (χ0v) is 20.8. The maximum atomic E-state index is 13.1. The fourth-order valence-electron chi connectivity index (χ4n) is 4.49. The third-order valence-electron chi connectivity index (χ3n) is 6.42. The highest BCUT2D eigenvalue weighted by atomic mass is 35.5. The van der Waals surface area contributed by atoms with Crippen LogP contribution in [0.25, 0.3) is 0 Å². The molecule has 1 aliphatic carbocycles. The molecule has 0 spiro atoms. The second kappa shape index (κ2) is 12.5. The maximum Gasteiger partial charge on any atom is 0.305 e. The standard InChI is InChI=1S/C26H34ClNO4S/c1-32-26(29)10-6-5-7-20-11-13-22(14-12-20)25(19-21-8-3-2-4-9-21)28-33(30,31)24-17-15-23(27)16-18-24/h11-18,21,25,28H,2-10,19H2,1H3. The second-order valence-electron chi connectivity index (χ2n) is 8.89. The first-order valence-electron chi connectivity index (χ1n) is 11.8. The Morgan fingerprint density at radius 3 is 2.33 bits per heavy atom. The Morgan fingerprint density at radius 1 is 1.03 bits per heavy atom. The molecule has 1 N–H and O–H groups in total. The van der Waals surface area contributed by atoms with Gasteiger partial charge in [0.2, 0.25) is 10.0 Å². The molecule has 1 unspecified atom stereocenters. The van der Waals surface area contributed by atoms with Crippen molar-refractivity contribution in [1.29, 1.82) is 0 Å². The van der Waals surface area contributed by atoms with Crippen molar-refractivity contribution < 1.29 is 17.9 Å². The van der Waals surface area contributed by atoms with Crippen molar-refractivity contribution in [2.75, 3.05) is 7.11 Å². The molecule has 0 radical (unpaired) electrons. The van der Waals surface area contributed by atoms with E-state index in [0.29, 0.717) is 17.4 Å². The molecular weight excluding hydrogens is 458 g/mol. The fraction of sp³-hybridized carbons (Fsp3) is 0.500. The third-order valence-corrected chi connectivity index (χ3v) is 8.16. The average molecular weight is 492 g/mol. The molecule has 0 aromatic heterocycles. The van der Waals surface area contributed by atoms with Gasteiger partial charge in [-0.05, 0) is 67.0 Å². The van der Waals surface area contributed by atoms with Crippen molar-refractivity contribution in [3.63, 3.8) is 0 Å². The number of unbranched alkanes of at least 4 members (excludes halogenated alkanes) is 1. The van der Waals surface area contributed by atoms with Gasteiger partial charge in [-0.1, -0.05) is 68.0 Å². The monoisotopic (exact) mass is 491 g/mol. The summed E-state index contributed by atoms with van der Waals surface area (Å²) in [6.07, 6.45) is 9.80. The largest absolute Gasteiger partial charge is 0.469 e. The normalized spacial score (nSPS) is 15.8. The number of hydrogen-bond acceptors (Lipinski definition) is 4. The van der Waals surface area contributed by atoms with Crippen molar-refractivity contribution in [3.8, 4) is 0 Å². The smallest absolute Gasteiger partial charge is 0.305 e. The van der Waals surface area contributed by atoms with Crippen LogP contribution in [0.3, 0.4) is 0 Å². The van der Waals surface area contributed by atoms with E-state index < -0.39 is 10.0 Å². The van der Waals surface area contributed by atoms with Crippen LogP contribution in [-0.2, 0) is 26.0 Å². The molecule has 1 atom stereocenters. The molecule has 0 bridgehead atoms. The van der Waals surface area contributed by atoms with Gasteiger partial charge in [0.1, 0.15) is 0 Å². The number of methoxy groups -OCH3 is 1. The van der Waals surface area contributed by atoms with Crippen LogP contribution in [0.2, 0.25) is 5.02 Å². The van der Waals surface area contributed by atoms with E-state index in [4.69, 9.17) is 11.6 Å². The Labute approximate surface area is 202 Å². The number of rotatable bonds is 11. The van der Waals surface area contributed by atoms with Gasteiger partial charge in [0, 0.05) is 17.5 Å². The molecule has 3 rings (SSSR count). The quantitative estimate of drug-likeness (QED) is 0.299. The van der Waals surface area contributed by atoms with Gasteiger partial charge >= 0.3 is 5.97 Å². The molecular formula is C26H34ClNO4S. The molecule has 0 saturated heterocycles. The lowest BCUT2D eigenvalue weighted by Gasteiger charge is -2.27. The number of sulfonamides is 1. The van der Waals surface area contributed by atoms with E-state index in [2.05, 4.69) is 21.6 Å². The fourth-order valence-corrected chi connectivity index (χ4v) is 5.86. The van der Waals surface area contributed by atoms with Crippen LogP contribution in [0.5, 0.6) is 0 Å². The second-order valence-corrected chi connectivity index (χ2v) is 11.0. The number of benzene rings is 2. The number of nitrogens with one attached hydrogen (secondary N) is 1. The van der Waals surface area contributed by atoms with Gasteiger partial charge in [-0.15, -0.1) is 0 Å². The summed E-state index contributed by atoms with van der Waals surface area (Å²) in [6, 6.07) is 14.2. The van der Waals surface area contributed by atoms with Crippen LogP contribution in [0.1, 0.15) is 75.0 Å². The average Bonchev–Trinajstić information content (AvgIpc) is 2.82. The van der Waals surface area contributed by atoms with E-state index in [0.717, 1.165) is 44.1 Å². The van der Waals surface area contributed by atoms with Crippen molar-refractivity contribution in [2.45, 2.75) is 75.1 Å². The van der Waals surface area contributed by atoms with Gasteiger partial charge in [-0.25, -0.2) is 13.1 Å². The van der Waals surface area contributed by atoms with Gasteiger partial charge < -0.3 is 4.74 Å². The minimum atomic E-state index is -3.67. The lowest BCUT2D eigenvalue weighted by atomic mass is 9.83. The summed E-state index contributed by atoms with van der Waals surface area (Å²) in [4.78, 5) is 11.5. The molecule has 5 nitrogen and oxygen atoms in total. The van der Waals surface area contributed by atoms with Crippen LogP contribution < -0.4 is 4.72 Å². The zero-order chi connectivity index (χ0) is 23.7. The Balaban J connectivity index is 1.70. The number of halogens is 1. The van der Waals surface area contributed by atoms with Crippen LogP contribution in [-0.4, -0.2) is 21.5 Å². The van der Waals surface area contributed by atoms with Crippen molar-refractivity contribution in [1.82, 2.24) is 4.72 Å². The molecule has 180 valence electrons. The lowest BCUT2D eigenvalue weighted by Crippen LogP contribution is -2.30. The third kappa shape index (κ3) is 8.13. The Morgan fingerprint density at radius 2 is 1.70 bits per heavy atom. The molecule has 0 amide bonds. The SMILES string of the molecule is COC(=O)CCCCc1ccc(C(CC2CCCCC2)NS(=O)(=O)c2ccc(Cl)cc2)cc1. The van der Waals surface area contributed by atoms with E-state index in [1.54, 1.807) is 24.3 Å². The predicted octanol–water partition coefficient (Wildman–Crippen LogP) is 6.22. The maximum absolute atomic E-state index is 13.1. The highest BCUT2D eigenvalue weighted by Gasteiger charge is 2.25. The van der Waals surface area contributed by atoms with Crippen LogP contribution in [0.15, 0.2) is 53.4 Å². The number of aryl methyl sites for hydroxylation is 1. The lowest BCUT2D eigenvalue weighted by molar-refractivity contribution is -0.140. The van der Waals surface area contributed by atoms with E-state index in [-0.39, 0.29) is 16.9 Å². The van der Waals surface area contributed by atoms with Crippen LogP contribution in [0, 0.1) is 5.92 Å². The first kappa shape index (κ1) is 25.7. The summed E-state index contributed by atoms with van der Waals surface area (Å²) >= 11 is 5.94. The first-order chi connectivity index (χ1) is 15.9. The number of hydrogen-bond donors (Lipinski definition) is 1. The Bertz CT molecular complexity index is 984. The number of ether oxygens (including phenoxy) is 1. The van der Waals surface area contributed by atoms with Crippen molar-refractivity contribution >= 4 is 27.6 Å². The zero-order valence-electron chi connectivity index (χ0n) is 19.3. The minimum absolute atomic E-state index is 0.177. The molecule has 33 heavy (non-hydrogen) atoms. The van der Waals surface area contributed by atoms with Gasteiger partial charge in [0.25, 0.3) is 0 Å². The Kier molecular flexibility index (Phi) is 9.78. The molecule has 2 aromatic carbocycles. The molecule has 1 fully saturated rings. The van der Waals surface area contributed by atoms with Gasteiger partial charge in [-0.2, -0.15) is 0 Å². The topological polar surface area (TPSA) is 72.5 Å². The van der Waals surface area contributed by atoms with E-state index >= 15 is 0 Å². The van der Waals surface area contributed by atoms with E-state index in [1.807, 2.05) is 12.1 Å². The molecule has 0 heterocycles. The summed E-state index contributed by atoms with van der Waals surface area (Å²) in [5.41, 5.74) is 2.16. The van der Waals surface area contributed by atoms with E-state index in [9.17, 15) is 13.2 Å². The van der Waals surface area contributed by atoms with Gasteiger partial charge in [0.05, 0.1) is 12.0 Å². The highest BCUT2D eigenvalue weighted by molar-refractivity contribution is 7.89. The number of carbonyl (C=O) groups is 1. The Hall–Kier alpha value is -1.89. The molecule has 2 aromatic rings. The summed E-state index contributed by atoms with van der Waals surface area (Å²) in [6.45, 7) is 0. The van der Waals surface area contributed by atoms with Crippen LogP contribution >= 0.6 is 11.6 Å². The molecule has 0 aliphatic heterocycles. The number of carbonyl (C=O) groups excluding carboxylic acids is 1. The van der Waals surface area contributed by atoms with Crippen LogP contribution in [0.4, 0.5) is 0 Å². The summed E-state index contributed by atoms with van der Waals surface area (Å²) in [5, 5.41) is 0.509. The van der Waals surface area contributed by atoms with Gasteiger partial charge in [-0.3, -0.25) is 4.79 Å². The predicted molar refractivity (Wildman–Crippen MR) is 132 cm³/mol. The van der Waals surface area contributed by atoms with Gasteiger partial charge in [0.15, 0.2) is 0 Å². The molecule has 1 saturated carbocycles. The van der Waals surface area contributed by atoms with E-state index in [1.165, 1.54) is 31.9 Å². The van der Waals surface area contributed by atoms with Crippen molar-refractivity contribution in [2.24, 2.45) is 5.92 Å². The molecule has 7 heteroatoms. The minimum Gasteiger partial charge on any atom is -0.469 e. The van der Waals surface area contributed by atoms with Crippen molar-refractivity contribution in [3.05, 3.63) is 64.7 Å².